The normalized spacial score (nSPS) is 24.9. The third-order valence-electron chi connectivity index (χ3n) is 3.51. The number of aliphatic hydroxyl groups excluding tert-OH is 2. The number of hydrogen-bond donors (Lipinski definition) is 2. The summed E-state index contributed by atoms with van der Waals surface area (Å²) in [7, 11) is 0. The van der Waals surface area contributed by atoms with Crippen LogP contribution >= 0.6 is 11.6 Å². The Morgan fingerprint density at radius 3 is 2.70 bits per heavy atom. The van der Waals surface area contributed by atoms with Crippen molar-refractivity contribution in [3.8, 4) is 5.75 Å². The average Bonchev–Trinajstić information content (AvgIpc) is 2.77. The molecule has 0 radical (unpaired) electrons. The van der Waals surface area contributed by atoms with Gasteiger partial charge >= 0.3 is 0 Å². The first-order valence-electron chi connectivity index (χ1n) is 6.33. The van der Waals surface area contributed by atoms with Crippen molar-refractivity contribution >= 4 is 23.6 Å². The van der Waals surface area contributed by atoms with Gasteiger partial charge in [0, 0.05) is 23.7 Å². The van der Waals surface area contributed by atoms with E-state index in [4.69, 9.17) is 16.3 Å². The van der Waals surface area contributed by atoms with Crippen LogP contribution in [0.5, 0.6) is 5.75 Å². The molecule has 1 aromatic rings. The quantitative estimate of drug-likeness (QED) is 0.799. The number of amides is 1. The molecule has 2 aliphatic heterocycles. The monoisotopic (exact) mass is 295 g/mol. The zero-order valence-corrected chi connectivity index (χ0v) is 11.4. The number of ether oxygens (including phenoxy) is 1. The predicted octanol–water partition coefficient (Wildman–Crippen LogP) is 0.680. The zero-order chi connectivity index (χ0) is 14.3. The van der Waals surface area contributed by atoms with Gasteiger partial charge in [-0.25, -0.2) is 0 Å². The molecule has 0 saturated carbocycles. The van der Waals surface area contributed by atoms with Crippen LogP contribution in [-0.2, 0) is 4.79 Å². The molecule has 5 nitrogen and oxygen atoms in total. The van der Waals surface area contributed by atoms with Gasteiger partial charge in [0.25, 0.3) is 5.91 Å². The van der Waals surface area contributed by atoms with Crippen molar-refractivity contribution in [3.05, 3.63) is 34.4 Å². The summed E-state index contributed by atoms with van der Waals surface area (Å²) in [6, 6.07) is 5.23. The topological polar surface area (TPSA) is 70.0 Å². The molecule has 6 heteroatoms. The molecule has 1 aromatic carbocycles. The summed E-state index contributed by atoms with van der Waals surface area (Å²) in [6.45, 7) is 0.454. The summed E-state index contributed by atoms with van der Waals surface area (Å²) in [6.07, 6.45) is -0.0268. The lowest BCUT2D eigenvalue weighted by Gasteiger charge is -2.22. The van der Waals surface area contributed by atoms with Crippen LogP contribution in [0.3, 0.4) is 0 Å². The number of rotatable bonds is 1. The van der Waals surface area contributed by atoms with E-state index in [1.807, 2.05) is 0 Å². The molecule has 2 aliphatic rings. The van der Waals surface area contributed by atoms with E-state index in [-0.39, 0.29) is 25.6 Å². The molecule has 2 atom stereocenters. The minimum atomic E-state index is -0.884. The predicted molar refractivity (Wildman–Crippen MR) is 73.5 cm³/mol. The zero-order valence-electron chi connectivity index (χ0n) is 10.6. The molecular formula is C14H14ClNO4. The second-order valence-corrected chi connectivity index (χ2v) is 5.42. The van der Waals surface area contributed by atoms with E-state index in [1.165, 1.54) is 4.90 Å². The van der Waals surface area contributed by atoms with Crippen LogP contribution in [0.15, 0.2) is 23.8 Å². The molecule has 2 N–H and O–H groups in total. The number of carbonyl (C=O) groups excluding carboxylic acids is 1. The average molecular weight is 296 g/mol. The Labute approximate surface area is 121 Å². The molecule has 3 rings (SSSR count). The van der Waals surface area contributed by atoms with Crippen LogP contribution in [0, 0.1) is 0 Å². The van der Waals surface area contributed by atoms with Crippen LogP contribution < -0.4 is 4.74 Å². The molecule has 0 aromatic heterocycles. The maximum atomic E-state index is 12.3. The summed E-state index contributed by atoms with van der Waals surface area (Å²) in [4.78, 5) is 13.7. The summed E-state index contributed by atoms with van der Waals surface area (Å²) in [5.74, 6) is 0.457. The van der Waals surface area contributed by atoms with E-state index in [0.29, 0.717) is 16.3 Å². The van der Waals surface area contributed by atoms with Gasteiger partial charge in [-0.1, -0.05) is 11.6 Å². The van der Waals surface area contributed by atoms with Crippen LogP contribution in [0.2, 0.25) is 5.02 Å². The third-order valence-corrected chi connectivity index (χ3v) is 3.74. The first-order chi connectivity index (χ1) is 9.54. The SMILES string of the molecule is O=C(C1=Cc2cc(Cl)ccc2OC1)N1C[C@@H](O)[C@@H](O)C1. The molecular weight excluding hydrogens is 282 g/mol. The standard InChI is InChI=1S/C14H14ClNO4/c15-10-1-2-13-8(4-10)3-9(7-20-13)14(19)16-5-11(17)12(18)6-16/h1-4,11-12,17-18H,5-7H2/t11-,12+. The molecule has 0 bridgehead atoms. The highest BCUT2D eigenvalue weighted by Crippen LogP contribution is 2.29. The van der Waals surface area contributed by atoms with Gasteiger partial charge in [0.15, 0.2) is 0 Å². The van der Waals surface area contributed by atoms with Crippen LogP contribution in [0.1, 0.15) is 5.56 Å². The fraction of sp³-hybridized carbons (Fsp3) is 0.357. The van der Waals surface area contributed by atoms with Crippen molar-refractivity contribution in [1.29, 1.82) is 0 Å². The molecule has 0 unspecified atom stereocenters. The largest absolute Gasteiger partial charge is 0.488 e. The number of aliphatic hydroxyl groups is 2. The fourth-order valence-corrected chi connectivity index (χ4v) is 2.59. The van der Waals surface area contributed by atoms with Crippen molar-refractivity contribution < 1.29 is 19.7 Å². The smallest absolute Gasteiger partial charge is 0.253 e. The molecule has 0 aliphatic carbocycles. The number of nitrogens with zero attached hydrogens (tertiary/aromatic N) is 1. The Kier molecular flexibility index (Phi) is 3.41. The molecule has 0 spiro atoms. The van der Waals surface area contributed by atoms with E-state index < -0.39 is 12.2 Å². The number of hydrogen-bond acceptors (Lipinski definition) is 4. The van der Waals surface area contributed by atoms with Crippen LogP contribution in [0.4, 0.5) is 0 Å². The van der Waals surface area contributed by atoms with E-state index in [9.17, 15) is 15.0 Å². The molecule has 1 amide bonds. The second kappa shape index (κ2) is 5.09. The lowest BCUT2D eigenvalue weighted by atomic mass is 10.1. The van der Waals surface area contributed by atoms with Crippen LogP contribution in [0.25, 0.3) is 6.08 Å². The van der Waals surface area contributed by atoms with Gasteiger partial charge in [0.2, 0.25) is 0 Å². The fourth-order valence-electron chi connectivity index (χ4n) is 2.41. The minimum Gasteiger partial charge on any atom is -0.488 e. The highest BCUT2D eigenvalue weighted by Gasteiger charge is 2.34. The second-order valence-electron chi connectivity index (χ2n) is 4.99. The van der Waals surface area contributed by atoms with E-state index >= 15 is 0 Å². The van der Waals surface area contributed by atoms with Gasteiger partial charge in [0.1, 0.15) is 12.4 Å². The van der Waals surface area contributed by atoms with Crippen molar-refractivity contribution in [2.24, 2.45) is 0 Å². The van der Waals surface area contributed by atoms with Crippen molar-refractivity contribution in [2.45, 2.75) is 12.2 Å². The minimum absolute atomic E-state index is 0.139. The lowest BCUT2D eigenvalue weighted by Crippen LogP contribution is -2.33. The Morgan fingerprint density at radius 1 is 1.30 bits per heavy atom. The summed E-state index contributed by atoms with van der Waals surface area (Å²) < 4.78 is 5.53. The highest BCUT2D eigenvalue weighted by atomic mass is 35.5. The van der Waals surface area contributed by atoms with Crippen LogP contribution in [-0.4, -0.2) is 52.9 Å². The Balaban J connectivity index is 1.83. The van der Waals surface area contributed by atoms with Gasteiger partial charge in [-0.15, -0.1) is 0 Å². The number of fused-ring (bicyclic) bond motifs is 1. The highest BCUT2D eigenvalue weighted by molar-refractivity contribution is 6.30. The molecule has 106 valence electrons. The van der Waals surface area contributed by atoms with Gasteiger partial charge in [-0.05, 0) is 24.3 Å². The molecule has 1 saturated heterocycles. The van der Waals surface area contributed by atoms with Gasteiger partial charge in [-0.3, -0.25) is 4.79 Å². The Hall–Kier alpha value is -1.56. The first-order valence-corrected chi connectivity index (χ1v) is 6.71. The summed E-state index contributed by atoms with van der Waals surface area (Å²) in [5, 5.41) is 19.6. The van der Waals surface area contributed by atoms with E-state index in [1.54, 1.807) is 24.3 Å². The maximum absolute atomic E-state index is 12.3. The summed E-state index contributed by atoms with van der Waals surface area (Å²) >= 11 is 5.92. The molecule has 20 heavy (non-hydrogen) atoms. The Bertz CT molecular complexity index is 577. The van der Waals surface area contributed by atoms with E-state index in [0.717, 1.165) is 5.56 Å². The number of likely N-dealkylation sites (tertiary alicyclic amines) is 1. The van der Waals surface area contributed by atoms with Gasteiger partial charge in [-0.2, -0.15) is 0 Å². The van der Waals surface area contributed by atoms with Crippen molar-refractivity contribution in [1.82, 2.24) is 4.90 Å². The third kappa shape index (κ3) is 2.40. The van der Waals surface area contributed by atoms with E-state index in [2.05, 4.69) is 0 Å². The van der Waals surface area contributed by atoms with Crippen molar-refractivity contribution in [2.75, 3.05) is 19.7 Å². The van der Waals surface area contributed by atoms with Gasteiger partial charge < -0.3 is 19.8 Å². The number of carbonyl (C=O) groups is 1. The number of halogens is 1. The van der Waals surface area contributed by atoms with Crippen molar-refractivity contribution in [3.63, 3.8) is 0 Å². The number of benzene rings is 1. The molecule has 1 fully saturated rings. The van der Waals surface area contributed by atoms with Gasteiger partial charge in [0.05, 0.1) is 17.8 Å². The maximum Gasteiger partial charge on any atom is 0.253 e. The summed E-state index contributed by atoms with van der Waals surface area (Å²) in [5.41, 5.74) is 1.24. The molecule has 2 heterocycles. The Morgan fingerprint density at radius 2 is 2.00 bits per heavy atom. The lowest BCUT2D eigenvalue weighted by molar-refractivity contribution is -0.127. The first kappa shape index (κ1) is 13.4. The number of β-amino-alcohol motifs (C(OH)–C–C–N with tert-alkyl or cyclic N) is 2.